The number of ether oxygens (including phenoxy) is 1. The zero-order valence-electron chi connectivity index (χ0n) is 7.01. The SMILES string of the molecule is C1=CN2c3ccccc3SC2CO1. The molecule has 1 aromatic rings. The van der Waals surface area contributed by atoms with Crippen molar-refractivity contribution in [2.75, 3.05) is 11.5 Å². The first kappa shape index (κ1) is 7.33. The Kier molecular flexibility index (Phi) is 1.52. The van der Waals surface area contributed by atoms with Crippen molar-refractivity contribution in [3.63, 3.8) is 0 Å². The lowest BCUT2D eigenvalue weighted by atomic mass is 10.3. The summed E-state index contributed by atoms with van der Waals surface area (Å²) in [5.74, 6) is 0. The van der Waals surface area contributed by atoms with Crippen LogP contribution in [-0.2, 0) is 4.74 Å². The number of thioether (sulfide) groups is 1. The van der Waals surface area contributed by atoms with Crippen molar-refractivity contribution in [1.29, 1.82) is 0 Å². The molecular formula is C10H9NOS. The summed E-state index contributed by atoms with van der Waals surface area (Å²) >= 11 is 1.87. The third-order valence-electron chi connectivity index (χ3n) is 2.27. The summed E-state index contributed by atoms with van der Waals surface area (Å²) in [4.78, 5) is 3.62. The highest BCUT2D eigenvalue weighted by atomic mass is 32.2. The molecule has 0 amide bonds. The largest absolute Gasteiger partial charge is 0.497 e. The van der Waals surface area contributed by atoms with Gasteiger partial charge >= 0.3 is 0 Å². The van der Waals surface area contributed by atoms with Crippen LogP contribution >= 0.6 is 11.8 Å². The number of hydrogen-bond donors (Lipinski definition) is 0. The van der Waals surface area contributed by atoms with E-state index in [-0.39, 0.29) is 0 Å². The van der Waals surface area contributed by atoms with E-state index >= 15 is 0 Å². The van der Waals surface area contributed by atoms with Gasteiger partial charge in [-0.15, -0.1) is 0 Å². The molecule has 1 unspecified atom stereocenters. The van der Waals surface area contributed by atoms with Crippen molar-refractivity contribution < 1.29 is 4.74 Å². The van der Waals surface area contributed by atoms with E-state index in [1.807, 2.05) is 18.0 Å². The monoisotopic (exact) mass is 191 g/mol. The second kappa shape index (κ2) is 2.70. The maximum Gasteiger partial charge on any atom is 0.118 e. The molecule has 2 aliphatic rings. The first-order valence-corrected chi connectivity index (χ1v) is 5.15. The lowest BCUT2D eigenvalue weighted by Crippen LogP contribution is -2.30. The van der Waals surface area contributed by atoms with Gasteiger partial charge in [-0.05, 0) is 12.1 Å². The molecule has 1 atom stereocenters. The smallest absolute Gasteiger partial charge is 0.118 e. The van der Waals surface area contributed by atoms with E-state index < -0.39 is 0 Å². The highest BCUT2D eigenvalue weighted by Gasteiger charge is 2.30. The van der Waals surface area contributed by atoms with E-state index in [4.69, 9.17) is 4.74 Å². The van der Waals surface area contributed by atoms with E-state index in [2.05, 4.69) is 29.2 Å². The maximum absolute atomic E-state index is 5.27. The fraction of sp³-hybridized carbons (Fsp3) is 0.200. The Bertz CT molecular complexity index is 364. The molecule has 0 spiro atoms. The summed E-state index contributed by atoms with van der Waals surface area (Å²) in [5, 5.41) is 0.433. The summed E-state index contributed by atoms with van der Waals surface area (Å²) < 4.78 is 5.27. The minimum Gasteiger partial charge on any atom is -0.497 e. The number of hydrogen-bond acceptors (Lipinski definition) is 3. The van der Waals surface area contributed by atoms with Crippen LogP contribution in [0.2, 0.25) is 0 Å². The molecule has 0 N–H and O–H groups in total. The molecule has 3 rings (SSSR count). The van der Waals surface area contributed by atoms with Crippen molar-refractivity contribution in [3.8, 4) is 0 Å². The Hall–Kier alpha value is -1.09. The fourth-order valence-corrected chi connectivity index (χ4v) is 2.85. The number of benzene rings is 1. The topological polar surface area (TPSA) is 12.5 Å². The third-order valence-corrected chi connectivity index (χ3v) is 3.51. The summed E-state index contributed by atoms with van der Waals surface area (Å²) in [6.07, 6.45) is 3.77. The molecule has 13 heavy (non-hydrogen) atoms. The molecule has 2 heterocycles. The van der Waals surface area contributed by atoms with Gasteiger partial charge in [0.15, 0.2) is 0 Å². The first-order chi connectivity index (χ1) is 6.45. The molecule has 66 valence electrons. The van der Waals surface area contributed by atoms with E-state index in [1.54, 1.807) is 6.26 Å². The van der Waals surface area contributed by atoms with Gasteiger partial charge in [0.25, 0.3) is 0 Å². The Labute approximate surface area is 81.2 Å². The van der Waals surface area contributed by atoms with Crippen LogP contribution in [0, 0.1) is 0 Å². The van der Waals surface area contributed by atoms with Crippen LogP contribution in [0.25, 0.3) is 0 Å². The first-order valence-electron chi connectivity index (χ1n) is 4.27. The Morgan fingerprint density at radius 3 is 3.31 bits per heavy atom. The van der Waals surface area contributed by atoms with Gasteiger partial charge in [-0.2, -0.15) is 0 Å². The van der Waals surface area contributed by atoms with Crippen molar-refractivity contribution >= 4 is 17.4 Å². The Morgan fingerprint density at radius 2 is 2.31 bits per heavy atom. The zero-order chi connectivity index (χ0) is 8.67. The number of rotatable bonds is 0. The third kappa shape index (κ3) is 1.04. The van der Waals surface area contributed by atoms with Crippen LogP contribution in [0.15, 0.2) is 41.6 Å². The molecule has 0 aromatic heterocycles. The predicted molar refractivity (Wildman–Crippen MR) is 53.7 cm³/mol. The zero-order valence-corrected chi connectivity index (χ0v) is 7.83. The second-order valence-corrected chi connectivity index (χ2v) is 4.29. The molecule has 0 saturated heterocycles. The van der Waals surface area contributed by atoms with Crippen LogP contribution in [0.3, 0.4) is 0 Å². The van der Waals surface area contributed by atoms with Gasteiger partial charge in [0.05, 0.1) is 11.9 Å². The highest BCUT2D eigenvalue weighted by Crippen LogP contribution is 2.44. The normalized spacial score (nSPS) is 23.7. The molecule has 3 heteroatoms. The lowest BCUT2D eigenvalue weighted by Gasteiger charge is -2.25. The average Bonchev–Trinajstić information content (AvgIpc) is 2.56. The van der Waals surface area contributed by atoms with Crippen molar-refractivity contribution in [1.82, 2.24) is 0 Å². The predicted octanol–water partition coefficient (Wildman–Crippen LogP) is 2.43. The molecule has 0 bridgehead atoms. The number of fused-ring (bicyclic) bond motifs is 3. The van der Waals surface area contributed by atoms with Gasteiger partial charge in [0, 0.05) is 11.1 Å². The molecule has 1 aromatic carbocycles. The Morgan fingerprint density at radius 1 is 1.38 bits per heavy atom. The second-order valence-electron chi connectivity index (χ2n) is 3.07. The quantitative estimate of drug-likeness (QED) is 0.625. The van der Waals surface area contributed by atoms with Crippen LogP contribution < -0.4 is 4.90 Å². The summed E-state index contributed by atoms with van der Waals surface area (Å²) in [6.45, 7) is 0.774. The van der Waals surface area contributed by atoms with Crippen LogP contribution in [-0.4, -0.2) is 12.0 Å². The van der Waals surface area contributed by atoms with Crippen molar-refractivity contribution in [2.24, 2.45) is 0 Å². The summed E-state index contributed by atoms with van der Waals surface area (Å²) in [7, 11) is 0. The van der Waals surface area contributed by atoms with Crippen LogP contribution in [0.1, 0.15) is 0 Å². The highest BCUT2D eigenvalue weighted by molar-refractivity contribution is 8.00. The molecule has 2 aliphatic heterocycles. The minimum atomic E-state index is 0.433. The van der Waals surface area contributed by atoms with E-state index in [9.17, 15) is 0 Å². The van der Waals surface area contributed by atoms with Crippen LogP contribution in [0.5, 0.6) is 0 Å². The van der Waals surface area contributed by atoms with Crippen molar-refractivity contribution in [3.05, 3.63) is 36.7 Å². The van der Waals surface area contributed by atoms with Crippen molar-refractivity contribution in [2.45, 2.75) is 10.3 Å². The number of anilines is 1. The van der Waals surface area contributed by atoms with Gasteiger partial charge < -0.3 is 9.64 Å². The van der Waals surface area contributed by atoms with E-state index in [1.165, 1.54) is 10.6 Å². The molecule has 0 fully saturated rings. The van der Waals surface area contributed by atoms with E-state index in [0.29, 0.717) is 5.37 Å². The van der Waals surface area contributed by atoms with Gasteiger partial charge in [-0.3, -0.25) is 0 Å². The van der Waals surface area contributed by atoms with Gasteiger partial charge in [-0.1, -0.05) is 23.9 Å². The number of nitrogens with zero attached hydrogens (tertiary/aromatic N) is 1. The summed E-state index contributed by atoms with van der Waals surface area (Å²) in [6, 6.07) is 8.46. The fourth-order valence-electron chi connectivity index (χ4n) is 1.67. The average molecular weight is 191 g/mol. The maximum atomic E-state index is 5.27. The number of para-hydroxylation sites is 1. The molecule has 2 nitrogen and oxygen atoms in total. The van der Waals surface area contributed by atoms with Gasteiger partial charge in [0.1, 0.15) is 12.0 Å². The molecular weight excluding hydrogens is 182 g/mol. The van der Waals surface area contributed by atoms with Crippen LogP contribution in [0.4, 0.5) is 5.69 Å². The standard InChI is InChI=1S/C10H9NOS/c1-2-4-9-8(3-1)11-5-6-12-7-10(11)13-9/h1-6,10H,7H2. The Balaban J connectivity index is 2.09. The molecule has 0 radical (unpaired) electrons. The lowest BCUT2D eigenvalue weighted by molar-refractivity contribution is 0.237. The van der Waals surface area contributed by atoms with Gasteiger partial charge in [0.2, 0.25) is 0 Å². The molecule has 0 saturated carbocycles. The van der Waals surface area contributed by atoms with E-state index in [0.717, 1.165) is 6.61 Å². The minimum absolute atomic E-state index is 0.433. The molecule has 0 aliphatic carbocycles. The summed E-state index contributed by atoms with van der Waals surface area (Å²) in [5.41, 5.74) is 1.30. The van der Waals surface area contributed by atoms with Gasteiger partial charge in [-0.25, -0.2) is 0 Å².